The Hall–Kier alpha value is -3.74. The van der Waals surface area contributed by atoms with Crippen LogP contribution in [-0.4, -0.2) is 58.1 Å². The van der Waals surface area contributed by atoms with Crippen molar-refractivity contribution in [3.05, 3.63) is 47.4 Å². The number of carbonyl (C=O) groups excluding carboxylic acids is 3. The van der Waals surface area contributed by atoms with E-state index in [0.717, 1.165) is 31.7 Å². The lowest BCUT2D eigenvalue weighted by Gasteiger charge is -2.31. The molecule has 0 radical (unpaired) electrons. The zero-order chi connectivity index (χ0) is 29.9. The third-order valence-electron chi connectivity index (χ3n) is 6.65. The number of amides is 3. The van der Waals surface area contributed by atoms with Crippen LogP contribution in [0.1, 0.15) is 69.2 Å². The van der Waals surface area contributed by atoms with Gasteiger partial charge in [-0.3, -0.25) is 19.9 Å². The van der Waals surface area contributed by atoms with E-state index in [1.807, 2.05) is 0 Å². The molecule has 0 saturated heterocycles. The average molecular weight is 578 g/mol. The van der Waals surface area contributed by atoms with Crippen LogP contribution in [0.2, 0.25) is 0 Å². The second-order valence-corrected chi connectivity index (χ2v) is 11.3. The van der Waals surface area contributed by atoms with Gasteiger partial charge in [0.1, 0.15) is 11.4 Å². The van der Waals surface area contributed by atoms with Crippen LogP contribution < -0.4 is 10.6 Å². The molecule has 222 valence electrons. The van der Waals surface area contributed by atoms with Gasteiger partial charge in [0.25, 0.3) is 0 Å². The van der Waals surface area contributed by atoms with Gasteiger partial charge in [0.05, 0.1) is 42.3 Å². The third kappa shape index (κ3) is 8.38. The minimum Gasteiger partial charge on any atom is -0.444 e. The molecule has 41 heavy (non-hydrogen) atoms. The van der Waals surface area contributed by atoms with Gasteiger partial charge in [-0.15, -0.1) is 0 Å². The van der Waals surface area contributed by atoms with Gasteiger partial charge in [-0.25, -0.2) is 9.78 Å². The molecular formula is C28H34F3N5O5. The fraction of sp³-hybridized carbons (Fsp3) is 0.536. The van der Waals surface area contributed by atoms with E-state index in [1.54, 1.807) is 26.8 Å². The third-order valence-corrected chi connectivity index (χ3v) is 6.65. The van der Waals surface area contributed by atoms with Crippen molar-refractivity contribution in [1.29, 1.82) is 0 Å². The SMILES string of the molecule is COCC(C1CC1)N(Cc1ccc(C(F)(F)F)cn1)C(=O)C(=O)Nc1cnc(NC(=O)OC(C)(C)C)c(C2CC2)c1. The Morgan fingerprint density at radius 1 is 1.05 bits per heavy atom. The Labute approximate surface area is 236 Å². The van der Waals surface area contributed by atoms with E-state index in [9.17, 15) is 27.6 Å². The van der Waals surface area contributed by atoms with Crippen LogP contribution >= 0.6 is 0 Å². The molecule has 2 heterocycles. The quantitative estimate of drug-likeness (QED) is 0.397. The first kappa shape index (κ1) is 30.2. The number of methoxy groups -OCH3 is 1. The zero-order valence-electron chi connectivity index (χ0n) is 23.4. The van der Waals surface area contributed by atoms with E-state index < -0.39 is 41.3 Å². The van der Waals surface area contributed by atoms with Crippen molar-refractivity contribution < 1.29 is 37.0 Å². The van der Waals surface area contributed by atoms with Crippen LogP contribution in [-0.2, 0) is 31.8 Å². The summed E-state index contributed by atoms with van der Waals surface area (Å²) in [4.78, 5) is 48.4. The molecule has 1 atom stereocenters. The number of aromatic nitrogens is 2. The van der Waals surface area contributed by atoms with Crippen LogP contribution in [0.4, 0.5) is 29.5 Å². The fourth-order valence-corrected chi connectivity index (χ4v) is 4.41. The summed E-state index contributed by atoms with van der Waals surface area (Å²) in [7, 11) is 1.48. The van der Waals surface area contributed by atoms with E-state index in [4.69, 9.17) is 9.47 Å². The monoisotopic (exact) mass is 577 g/mol. The van der Waals surface area contributed by atoms with Gasteiger partial charge < -0.3 is 19.7 Å². The van der Waals surface area contributed by atoms with Crippen molar-refractivity contribution in [3.63, 3.8) is 0 Å². The van der Waals surface area contributed by atoms with Crippen molar-refractivity contribution >= 4 is 29.4 Å². The molecule has 2 fully saturated rings. The summed E-state index contributed by atoms with van der Waals surface area (Å²) in [6.45, 7) is 5.22. The van der Waals surface area contributed by atoms with E-state index in [1.165, 1.54) is 24.3 Å². The van der Waals surface area contributed by atoms with Crippen LogP contribution in [0.25, 0.3) is 0 Å². The number of nitrogens with zero attached hydrogens (tertiary/aromatic N) is 3. The summed E-state index contributed by atoms with van der Waals surface area (Å²) in [5.41, 5.74) is -0.419. The summed E-state index contributed by atoms with van der Waals surface area (Å²) >= 11 is 0. The summed E-state index contributed by atoms with van der Waals surface area (Å²) in [6.07, 6.45) is 0.275. The summed E-state index contributed by atoms with van der Waals surface area (Å²) in [5.74, 6) is -1.25. The van der Waals surface area contributed by atoms with Crippen molar-refractivity contribution in [3.8, 4) is 0 Å². The van der Waals surface area contributed by atoms with Crippen LogP contribution in [0.5, 0.6) is 0 Å². The number of nitrogens with one attached hydrogen (secondary N) is 2. The molecule has 0 aromatic carbocycles. The lowest BCUT2D eigenvalue weighted by atomic mass is 10.1. The van der Waals surface area contributed by atoms with E-state index in [0.29, 0.717) is 17.6 Å². The maximum absolute atomic E-state index is 13.5. The van der Waals surface area contributed by atoms with E-state index in [2.05, 4.69) is 20.6 Å². The molecule has 13 heteroatoms. The molecule has 2 aromatic rings. The van der Waals surface area contributed by atoms with Gasteiger partial charge >= 0.3 is 24.1 Å². The highest BCUT2D eigenvalue weighted by Gasteiger charge is 2.40. The van der Waals surface area contributed by atoms with Crippen LogP contribution in [0.15, 0.2) is 30.6 Å². The van der Waals surface area contributed by atoms with Gasteiger partial charge in [0, 0.05) is 18.9 Å². The highest BCUT2D eigenvalue weighted by Crippen LogP contribution is 2.44. The van der Waals surface area contributed by atoms with Crippen molar-refractivity contribution in [2.75, 3.05) is 24.4 Å². The number of pyridine rings is 2. The molecule has 2 aromatic heterocycles. The molecule has 4 rings (SSSR count). The Morgan fingerprint density at radius 3 is 2.29 bits per heavy atom. The maximum atomic E-state index is 13.5. The maximum Gasteiger partial charge on any atom is 0.417 e. The Morgan fingerprint density at radius 2 is 1.76 bits per heavy atom. The van der Waals surface area contributed by atoms with E-state index >= 15 is 0 Å². The number of carbonyl (C=O) groups is 3. The zero-order valence-corrected chi connectivity index (χ0v) is 23.4. The Bertz CT molecular complexity index is 1270. The molecule has 0 aliphatic heterocycles. The molecule has 2 N–H and O–H groups in total. The van der Waals surface area contributed by atoms with Crippen molar-refractivity contribution in [2.24, 2.45) is 5.92 Å². The number of anilines is 2. The Kier molecular flexibility index (Phi) is 8.86. The number of ether oxygens (including phenoxy) is 2. The fourth-order valence-electron chi connectivity index (χ4n) is 4.41. The summed E-state index contributed by atoms with van der Waals surface area (Å²) in [5, 5.41) is 5.24. The topological polar surface area (TPSA) is 123 Å². The number of hydrogen-bond donors (Lipinski definition) is 2. The predicted molar refractivity (Wildman–Crippen MR) is 143 cm³/mol. The second kappa shape index (κ2) is 12.0. The molecule has 2 aliphatic rings. The van der Waals surface area contributed by atoms with Gasteiger partial charge in [-0.05, 0) is 76.5 Å². The smallest absolute Gasteiger partial charge is 0.417 e. The molecule has 10 nitrogen and oxygen atoms in total. The molecular weight excluding hydrogens is 543 g/mol. The highest BCUT2D eigenvalue weighted by atomic mass is 19.4. The van der Waals surface area contributed by atoms with Crippen LogP contribution in [0, 0.1) is 5.92 Å². The minimum absolute atomic E-state index is 0.0995. The van der Waals surface area contributed by atoms with Gasteiger partial charge in [-0.1, -0.05) is 0 Å². The number of hydrogen-bond acceptors (Lipinski definition) is 7. The van der Waals surface area contributed by atoms with Crippen molar-refractivity contribution in [2.45, 2.75) is 76.7 Å². The molecule has 2 saturated carbocycles. The second-order valence-electron chi connectivity index (χ2n) is 11.3. The normalized spacial score (nSPS) is 16.1. The molecule has 1 unspecified atom stereocenters. The number of alkyl halides is 3. The average Bonchev–Trinajstić information content (AvgIpc) is 3.79. The standard InChI is InChI=1S/C28H34F3N5O5/c1-27(2,3)41-26(39)35-23-21(16-5-6-16)11-20(13-33-23)34-24(37)25(38)36(22(15-40-4)17-7-8-17)14-19-10-9-18(12-32-19)28(29,30)31/h9-13,16-17,22H,5-8,14-15H2,1-4H3,(H,34,37)(H,33,35,39). The highest BCUT2D eigenvalue weighted by molar-refractivity contribution is 6.39. The molecule has 3 amide bonds. The van der Waals surface area contributed by atoms with Gasteiger partial charge in [-0.2, -0.15) is 13.2 Å². The van der Waals surface area contributed by atoms with Gasteiger partial charge in [0.15, 0.2) is 0 Å². The van der Waals surface area contributed by atoms with Crippen LogP contribution in [0.3, 0.4) is 0 Å². The number of halogens is 3. The predicted octanol–water partition coefficient (Wildman–Crippen LogP) is 5.11. The van der Waals surface area contributed by atoms with Crippen molar-refractivity contribution in [1.82, 2.24) is 14.9 Å². The lowest BCUT2D eigenvalue weighted by Crippen LogP contribution is -2.48. The summed E-state index contributed by atoms with van der Waals surface area (Å²) in [6, 6.07) is 3.30. The first-order valence-corrected chi connectivity index (χ1v) is 13.4. The minimum atomic E-state index is -4.54. The summed E-state index contributed by atoms with van der Waals surface area (Å²) < 4.78 is 49.6. The Balaban J connectivity index is 1.51. The van der Waals surface area contributed by atoms with Gasteiger partial charge in [0.2, 0.25) is 0 Å². The number of rotatable bonds is 9. The first-order valence-electron chi connectivity index (χ1n) is 13.4. The molecule has 0 bridgehead atoms. The largest absolute Gasteiger partial charge is 0.444 e. The molecule has 0 spiro atoms. The first-order chi connectivity index (χ1) is 19.2. The molecule has 2 aliphatic carbocycles. The lowest BCUT2D eigenvalue weighted by molar-refractivity contribution is -0.146. The van der Waals surface area contributed by atoms with E-state index in [-0.39, 0.29) is 36.4 Å².